The maximum absolute atomic E-state index is 13.7. The van der Waals surface area contributed by atoms with Crippen molar-refractivity contribution in [3.8, 4) is 0 Å². The van der Waals surface area contributed by atoms with E-state index in [2.05, 4.69) is 18.2 Å². The lowest BCUT2D eigenvalue weighted by atomic mass is 10.1. The fourth-order valence-corrected chi connectivity index (χ4v) is 3.86. The average Bonchev–Trinajstić information content (AvgIpc) is 2.53. The van der Waals surface area contributed by atoms with Crippen LogP contribution in [0.1, 0.15) is 33.1 Å². The van der Waals surface area contributed by atoms with E-state index < -0.39 is 14.4 Å². The van der Waals surface area contributed by atoms with Crippen molar-refractivity contribution in [1.82, 2.24) is 4.31 Å². The zero-order valence-electron chi connectivity index (χ0n) is 14.8. The van der Waals surface area contributed by atoms with Gasteiger partial charge in [0.2, 0.25) is 0 Å². The van der Waals surface area contributed by atoms with Crippen LogP contribution in [0.25, 0.3) is 0 Å². The minimum absolute atomic E-state index is 0.0381. The number of anilines is 1. The molecule has 0 heterocycles. The number of benzene rings is 1. The average molecular weight is 393 g/mol. The molecule has 6 N–H and O–H groups in total. The Balaban J connectivity index is 2.88. The summed E-state index contributed by atoms with van der Waals surface area (Å²) in [6.45, 7) is 5.75. The molecule has 0 aromatic heterocycles. The van der Waals surface area contributed by atoms with Gasteiger partial charge in [0.15, 0.2) is 0 Å². The number of unbranched alkanes of at least 4 members (excludes halogenated alkanes) is 1. The smallest absolute Gasteiger partial charge is 0.327 e. The van der Waals surface area contributed by atoms with E-state index in [1.807, 2.05) is 0 Å². The van der Waals surface area contributed by atoms with Crippen LogP contribution < -0.4 is 11.5 Å². The lowest BCUT2D eigenvalue weighted by Gasteiger charge is -2.32. The Morgan fingerprint density at radius 3 is 2.60 bits per heavy atom. The number of nitrogen functional groups attached to an aromatic ring is 1. The van der Waals surface area contributed by atoms with Crippen LogP contribution in [0.4, 0.5) is 10.1 Å². The first kappa shape index (κ1) is 22.6. The summed E-state index contributed by atoms with van der Waals surface area (Å²) >= 11 is 1.43. The lowest BCUT2D eigenvalue weighted by molar-refractivity contribution is 0.174. The molecule has 0 saturated carbocycles. The number of nitrogens with zero attached hydrogens (tertiary/aromatic N) is 1. The molecular weight excluding hydrogens is 364 g/mol. The maximum Gasteiger partial charge on any atom is 0.327 e. The van der Waals surface area contributed by atoms with Crippen LogP contribution in [0.5, 0.6) is 0 Å². The van der Waals surface area contributed by atoms with Gasteiger partial charge < -0.3 is 25.8 Å². The van der Waals surface area contributed by atoms with Crippen LogP contribution in [0.2, 0.25) is 0 Å². The van der Waals surface area contributed by atoms with Gasteiger partial charge in [-0.2, -0.15) is 0 Å². The highest BCUT2D eigenvalue weighted by atomic mass is 32.2. The monoisotopic (exact) mass is 393 g/mol. The van der Waals surface area contributed by atoms with E-state index in [0.717, 1.165) is 30.7 Å². The molecule has 1 aromatic carbocycles. The van der Waals surface area contributed by atoms with E-state index in [4.69, 9.17) is 25.8 Å². The number of hydrogen-bond donors (Lipinski definition) is 4. The number of rotatable bonds is 12. The van der Waals surface area contributed by atoms with Crippen molar-refractivity contribution in [3.63, 3.8) is 0 Å². The second-order valence-corrected chi connectivity index (χ2v) is 8.14. The largest absolute Gasteiger partial charge is 0.396 e. The van der Waals surface area contributed by atoms with Gasteiger partial charge >= 0.3 is 8.60 Å². The standard InChI is InChI=1S/C16H29FN3O3PS/c1-12(2)10-20(25-14-6-7-16(19)15(17)9-14)13(5-3-4-8-18)11-23-24(21)22/h6-7,9,12-13,21-22H,3-5,8,10-11,18-19H2,1-2H3. The Hall–Kier alpha value is -0.470. The third-order valence-corrected chi connectivity index (χ3v) is 5.05. The van der Waals surface area contributed by atoms with Gasteiger partial charge in [-0.25, -0.2) is 8.70 Å². The summed E-state index contributed by atoms with van der Waals surface area (Å²) in [5, 5.41) is 0. The molecule has 0 fully saturated rings. The van der Waals surface area contributed by atoms with Gasteiger partial charge in [0, 0.05) is 17.5 Å². The molecule has 9 heteroatoms. The molecule has 1 atom stereocenters. The van der Waals surface area contributed by atoms with Crippen molar-refractivity contribution < 1.29 is 18.7 Å². The van der Waals surface area contributed by atoms with Gasteiger partial charge in [0.05, 0.1) is 12.3 Å². The molecule has 1 unspecified atom stereocenters. The van der Waals surface area contributed by atoms with Crippen LogP contribution in [-0.2, 0) is 4.52 Å². The Bertz CT molecular complexity index is 512. The second kappa shape index (κ2) is 12.0. The molecule has 0 aliphatic carbocycles. The van der Waals surface area contributed by atoms with Crippen molar-refractivity contribution in [2.75, 3.05) is 25.4 Å². The normalized spacial score (nSPS) is 13.2. The fraction of sp³-hybridized carbons (Fsp3) is 0.625. The Morgan fingerprint density at radius 2 is 2.04 bits per heavy atom. The van der Waals surface area contributed by atoms with E-state index in [9.17, 15) is 4.39 Å². The molecule has 25 heavy (non-hydrogen) atoms. The highest BCUT2D eigenvalue weighted by Crippen LogP contribution is 2.32. The van der Waals surface area contributed by atoms with E-state index in [-0.39, 0.29) is 18.3 Å². The van der Waals surface area contributed by atoms with Gasteiger partial charge in [-0.3, -0.25) is 0 Å². The molecule has 1 rings (SSSR count). The lowest BCUT2D eigenvalue weighted by Crippen LogP contribution is -2.36. The molecule has 0 aliphatic rings. The topological polar surface area (TPSA) is 105 Å². The fourth-order valence-electron chi connectivity index (χ4n) is 2.31. The van der Waals surface area contributed by atoms with E-state index in [1.54, 1.807) is 12.1 Å². The molecular formula is C16H29FN3O3PS. The summed E-state index contributed by atoms with van der Waals surface area (Å²) in [5.41, 5.74) is 11.2. The highest BCUT2D eigenvalue weighted by molar-refractivity contribution is 7.97. The van der Waals surface area contributed by atoms with Gasteiger partial charge in [0.25, 0.3) is 0 Å². The van der Waals surface area contributed by atoms with Gasteiger partial charge in [0.1, 0.15) is 5.82 Å². The van der Waals surface area contributed by atoms with Gasteiger partial charge in [-0.1, -0.05) is 20.3 Å². The second-order valence-electron chi connectivity index (χ2n) is 6.25. The van der Waals surface area contributed by atoms with E-state index in [0.29, 0.717) is 12.5 Å². The molecule has 0 radical (unpaired) electrons. The first-order chi connectivity index (χ1) is 11.8. The Labute approximate surface area is 154 Å². The molecule has 1 aromatic rings. The predicted molar refractivity (Wildman–Crippen MR) is 102 cm³/mol. The summed E-state index contributed by atoms with van der Waals surface area (Å²) in [5.74, 6) is -0.0624. The first-order valence-corrected chi connectivity index (χ1v) is 10.3. The van der Waals surface area contributed by atoms with Crippen molar-refractivity contribution in [1.29, 1.82) is 0 Å². The quantitative estimate of drug-likeness (QED) is 0.187. The highest BCUT2D eigenvalue weighted by Gasteiger charge is 2.22. The third-order valence-electron chi connectivity index (χ3n) is 3.52. The number of nitrogens with two attached hydrogens (primary N) is 2. The number of hydrogen-bond acceptors (Lipinski definition) is 7. The van der Waals surface area contributed by atoms with E-state index in [1.165, 1.54) is 18.0 Å². The predicted octanol–water partition coefficient (Wildman–Crippen LogP) is 3.10. The first-order valence-electron chi connectivity index (χ1n) is 8.34. The minimum Gasteiger partial charge on any atom is -0.396 e. The van der Waals surface area contributed by atoms with Gasteiger partial charge in [-0.05, 0) is 55.5 Å². The van der Waals surface area contributed by atoms with E-state index >= 15 is 0 Å². The molecule has 0 aliphatic heterocycles. The van der Waals surface area contributed by atoms with Crippen molar-refractivity contribution >= 4 is 26.2 Å². The zero-order valence-corrected chi connectivity index (χ0v) is 16.5. The molecule has 0 saturated heterocycles. The van der Waals surface area contributed by atoms with Crippen LogP contribution >= 0.6 is 20.6 Å². The SMILES string of the molecule is CC(C)CN(Sc1ccc(N)c(F)c1)C(CCCCN)COP(O)O. The summed E-state index contributed by atoms with van der Waals surface area (Å²) in [4.78, 5) is 18.9. The minimum atomic E-state index is -2.40. The van der Waals surface area contributed by atoms with Crippen molar-refractivity contribution in [2.45, 2.75) is 44.0 Å². The van der Waals surface area contributed by atoms with Crippen molar-refractivity contribution in [2.24, 2.45) is 11.7 Å². The maximum atomic E-state index is 13.7. The van der Waals surface area contributed by atoms with Crippen LogP contribution in [0.15, 0.2) is 23.1 Å². The summed E-state index contributed by atoms with van der Waals surface area (Å²) in [6, 6.07) is 4.70. The zero-order chi connectivity index (χ0) is 18.8. The molecule has 144 valence electrons. The third kappa shape index (κ3) is 9.15. The Morgan fingerprint density at radius 1 is 1.32 bits per heavy atom. The van der Waals surface area contributed by atoms with Crippen LogP contribution in [0.3, 0.4) is 0 Å². The summed E-state index contributed by atoms with van der Waals surface area (Å²) in [6.07, 6.45) is 2.60. The van der Waals surface area contributed by atoms with Crippen molar-refractivity contribution in [3.05, 3.63) is 24.0 Å². The summed E-state index contributed by atoms with van der Waals surface area (Å²) in [7, 11) is -2.40. The molecule has 6 nitrogen and oxygen atoms in total. The summed E-state index contributed by atoms with van der Waals surface area (Å²) < 4.78 is 20.9. The number of halogens is 1. The van der Waals surface area contributed by atoms with Crippen LogP contribution in [-0.4, -0.2) is 39.8 Å². The Kier molecular flexibility index (Phi) is 10.8. The molecule has 0 amide bonds. The molecule has 0 spiro atoms. The van der Waals surface area contributed by atoms with Gasteiger partial charge in [-0.15, -0.1) is 0 Å². The molecule has 0 bridgehead atoms. The van der Waals surface area contributed by atoms with Crippen LogP contribution in [0, 0.1) is 11.7 Å².